The molecule has 5 nitrogen and oxygen atoms in total. The number of carbonyl (C=O) groups is 1. The van der Waals surface area contributed by atoms with Crippen molar-refractivity contribution >= 4 is 11.6 Å². The molecule has 5 heteroatoms. The van der Waals surface area contributed by atoms with Gasteiger partial charge in [0.1, 0.15) is 11.5 Å². The smallest absolute Gasteiger partial charge is 0.235 e. The van der Waals surface area contributed by atoms with E-state index in [1.165, 1.54) is 0 Å². The van der Waals surface area contributed by atoms with Crippen LogP contribution in [-0.2, 0) is 16.6 Å². The number of ether oxygens (including phenoxy) is 1. The maximum Gasteiger partial charge on any atom is 0.235 e. The zero-order chi connectivity index (χ0) is 19.2. The van der Waals surface area contributed by atoms with E-state index in [9.17, 15) is 4.79 Å². The van der Waals surface area contributed by atoms with Crippen molar-refractivity contribution in [1.29, 1.82) is 0 Å². The lowest BCUT2D eigenvalue weighted by Crippen LogP contribution is -2.33. The Morgan fingerprint density at radius 1 is 1.19 bits per heavy atom. The van der Waals surface area contributed by atoms with Gasteiger partial charge in [-0.2, -0.15) is 0 Å². The van der Waals surface area contributed by atoms with Gasteiger partial charge in [0.05, 0.1) is 18.2 Å². The molecule has 1 aliphatic rings. The van der Waals surface area contributed by atoms with Crippen LogP contribution in [0.3, 0.4) is 0 Å². The molecule has 0 fully saturated rings. The molecule has 1 aromatic heterocycles. The number of rotatable bonds is 4. The number of anilines is 1. The average Bonchev–Trinajstić information content (AvgIpc) is 3.12. The van der Waals surface area contributed by atoms with Crippen molar-refractivity contribution in [3.8, 4) is 16.9 Å². The number of aromatic nitrogens is 1. The van der Waals surface area contributed by atoms with Gasteiger partial charge in [0.2, 0.25) is 5.91 Å². The minimum absolute atomic E-state index is 0.00493. The Bertz CT molecular complexity index is 1020. The molecule has 2 heterocycles. The van der Waals surface area contributed by atoms with E-state index in [0.29, 0.717) is 6.42 Å². The molecule has 1 atom stereocenters. The Kier molecular flexibility index (Phi) is 4.02. The number of carbonyl (C=O) groups excluding carboxylic acids is 1. The largest absolute Gasteiger partial charge is 0.496 e. The van der Waals surface area contributed by atoms with Crippen LogP contribution >= 0.6 is 0 Å². The van der Waals surface area contributed by atoms with Gasteiger partial charge in [0.15, 0.2) is 0 Å². The van der Waals surface area contributed by atoms with E-state index in [2.05, 4.69) is 16.5 Å². The number of hydrogen-bond donors (Lipinski definition) is 1. The normalized spacial score (nSPS) is 18.3. The Labute approximate surface area is 158 Å². The molecule has 2 aromatic carbocycles. The summed E-state index contributed by atoms with van der Waals surface area (Å²) in [6, 6.07) is 14.0. The summed E-state index contributed by atoms with van der Waals surface area (Å²) in [5, 5.41) is 7.06. The molecule has 1 N–H and O–H groups in total. The molecule has 138 valence electrons. The lowest BCUT2D eigenvalue weighted by molar-refractivity contribution is -0.120. The van der Waals surface area contributed by atoms with Crippen LogP contribution in [0.25, 0.3) is 11.1 Å². The van der Waals surface area contributed by atoms with Gasteiger partial charge < -0.3 is 14.6 Å². The molecule has 0 saturated heterocycles. The summed E-state index contributed by atoms with van der Waals surface area (Å²) in [5.74, 6) is 1.56. The number of nitrogens with one attached hydrogen (secondary N) is 1. The van der Waals surface area contributed by atoms with Crippen LogP contribution in [0.15, 0.2) is 47.0 Å². The van der Waals surface area contributed by atoms with Crippen LogP contribution in [0.4, 0.5) is 5.69 Å². The second-order valence-electron chi connectivity index (χ2n) is 7.23. The van der Waals surface area contributed by atoms with Crippen LogP contribution in [-0.4, -0.2) is 18.2 Å². The van der Waals surface area contributed by atoms with E-state index in [1.807, 2.05) is 57.2 Å². The fraction of sp³-hybridized carbons (Fsp3) is 0.273. The summed E-state index contributed by atoms with van der Waals surface area (Å²) < 4.78 is 10.8. The number of para-hydroxylation sites is 1. The quantitative estimate of drug-likeness (QED) is 0.746. The molecular formula is C22H22N2O3. The molecule has 1 unspecified atom stereocenters. The summed E-state index contributed by atoms with van der Waals surface area (Å²) in [6.07, 6.45) is 0.544. The van der Waals surface area contributed by atoms with E-state index in [-0.39, 0.29) is 5.91 Å². The summed E-state index contributed by atoms with van der Waals surface area (Å²) >= 11 is 0. The third-order valence-electron chi connectivity index (χ3n) is 5.49. The molecule has 0 radical (unpaired) electrons. The van der Waals surface area contributed by atoms with E-state index in [4.69, 9.17) is 9.26 Å². The molecular weight excluding hydrogens is 340 g/mol. The molecule has 3 aromatic rings. The van der Waals surface area contributed by atoms with Crippen LogP contribution in [0.1, 0.15) is 29.5 Å². The first-order chi connectivity index (χ1) is 12.9. The van der Waals surface area contributed by atoms with E-state index in [1.54, 1.807) is 7.11 Å². The van der Waals surface area contributed by atoms with Gasteiger partial charge in [-0.3, -0.25) is 4.79 Å². The standard InChI is InChI=1S/C22H22N2O3/c1-13-17(14(2)27-24-13)12-22(3)18-11-15(9-10-19(18)23-21(22)25)16-7-5-6-8-20(16)26-4/h5-11H,12H2,1-4H3,(H,23,25). The Balaban J connectivity index is 1.82. The number of fused-ring (bicyclic) bond motifs is 1. The number of benzene rings is 2. The molecule has 0 spiro atoms. The minimum atomic E-state index is -0.686. The molecule has 0 bridgehead atoms. The SMILES string of the molecule is COc1ccccc1-c1ccc2c(c1)C(C)(Cc1c(C)noc1C)C(=O)N2. The van der Waals surface area contributed by atoms with Gasteiger partial charge in [-0.25, -0.2) is 0 Å². The van der Waals surface area contributed by atoms with E-state index in [0.717, 1.165) is 45.1 Å². The average molecular weight is 362 g/mol. The van der Waals surface area contributed by atoms with E-state index >= 15 is 0 Å². The number of amides is 1. The van der Waals surface area contributed by atoms with Gasteiger partial charge in [-0.15, -0.1) is 0 Å². The second-order valence-corrected chi connectivity index (χ2v) is 7.23. The van der Waals surface area contributed by atoms with Crippen molar-refractivity contribution in [3.05, 3.63) is 65.0 Å². The van der Waals surface area contributed by atoms with Gasteiger partial charge >= 0.3 is 0 Å². The molecule has 27 heavy (non-hydrogen) atoms. The second kappa shape index (κ2) is 6.27. The lowest BCUT2D eigenvalue weighted by atomic mass is 9.77. The molecule has 0 saturated carbocycles. The summed E-state index contributed by atoms with van der Waals surface area (Å²) in [7, 11) is 1.67. The van der Waals surface area contributed by atoms with Gasteiger partial charge in [-0.05, 0) is 56.5 Å². The van der Waals surface area contributed by atoms with E-state index < -0.39 is 5.41 Å². The summed E-state index contributed by atoms with van der Waals surface area (Å²) in [5.41, 5.74) is 4.99. The van der Waals surface area contributed by atoms with Gasteiger partial charge in [-0.1, -0.05) is 29.4 Å². The van der Waals surface area contributed by atoms with Gasteiger partial charge in [0, 0.05) is 16.8 Å². The van der Waals surface area contributed by atoms with Crippen LogP contribution < -0.4 is 10.1 Å². The first kappa shape index (κ1) is 17.3. The Hall–Kier alpha value is -3.08. The van der Waals surface area contributed by atoms with Crippen LogP contribution in [0.2, 0.25) is 0 Å². The number of hydrogen-bond acceptors (Lipinski definition) is 4. The van der Waals surface area contributed by atoms with Crippen molar-refractivity contribution in [2.45, 2.75) is 32.6 Å². The van der Waals surface area contributed by atoms with Crippen molar-refractivity contribution in [3.63, 3.8) is 0 Å². The third-order valence-corrected chi connectivity index (χ3v) is 5.49. The molecule has 1 amide bonds. The lowest BCUT2D eigenvalue weighted by Gasteiger charge is -2.23. The highest BCUT2D eigenvalue weighted by Gasteiger charge is 2.44. The predicted molar refractivity (Wildman–Crippen MR) is 104 cm³/mol. The maximum absolute atomic E-state index is 12.9. The highest BCUT2D eigenvalue weighted by atomic mass is 16.5. The fourth-order valence-electron chi connectivity index (χ4n) is 3.83. The zero-order valence-corrected chi connectivity index (χ0v) is 15.9. The first-order valence-corrected chi connectivity index (χ1v) is 8.95. The molecule has 1 aliphatic heterocycles. The van der Waals surface area contributed by atoms with Crippen molar-refractivity contribution < 1.29 is 14.1 Å². The van der Waals surface area contributed by atoms with Crippen molar-refractivity contribution in [2.24, 2.45) is 0 Å². The maximum atomic E-state index is 12.9. The molecule has 4 rings (SSSR count). The highest BCUT2D eigenvalue weighted by Crippen LogP contribution is 2.43. The first-order valence-electron chi connectivity index (χ1n) is 8.95. The number of methoxy groups -OCH3 is 1. The highest BCUT2D eigenvalue weighted by molar-refractivity contribution is 6.06. The molecule has 0 aliphatic carbocycles. The Morgan fingerprint density at radius 3 is 2.67 bits per heavy atom. The van der Waals surface area contributed by atoms with Crippen molar-refractivity contribution in [2.75, 3.05) is 12.4 Å². The summed E-state index contributed by atoms with van der Waals surface area (Å²) in [6.45, 7) is 5.78. The predicted octanol–water partition coefficient (Wildman–Crippen LogP) is 4.42. The fourth-order valence-corrected chi connectivity index (χ4v) is 3.83. The van der Waals surface area contributed by atoms with Crippen LogP contribution in [0.5, 0.6) is 5.75 Å². The minimum Gasteiger partial charge on any atom is -0.496 e. The Morgan fingerprint density at radius 2 is 1.96 bits per heavy atom. The third kappa shape index (κ3) is 2.70. The number of aryl methyl sites for hydroxylation is 2. The van der Waals surface area contributed by atoms with Gasteiger partial charge in [0.25, 0.3) is 0 Å². The topological polar surface area (TPSA) is 64.4 Å². The van der Waals surface area contributed by atoms with Crippen LogP contribution in [0, 0.1) is 13.8 Å². The zero-order valence-electron chi connectivity index (χ0n) is 15.9. The number of nitrogens with zero attached hydrogens (tertiary/aromatic N) is 1. The van der Waals surface area contributed by atoms with Crippen molar-refractivity contribution in [1.82, 2.24) is 5.16 Å². The monoisotopic (exact) mass is 362 g/mol. The summed E-state index contributed by atoms with van der Waals surface area (Å²) in [4.78, 5) is 12.9.